The van der Waals surface area contributed by atoms with E-state index in [0.29, 0.717) is 46.2 Å². The molecule has 2 aromatic carbocycles. The van der Waals surface area contributed by atoms with Crippen LogP contribution in [0.25, 0.3) is 0 Å². The van der Waals surface area contributed by atoms with Gasteiger partial charge < -0.3 is 20.1 Å². The Kier molecular flexibility index (Phi) is 7.29. The molecule has 7 nitrogen and oxygen atoms in total. The maximum Gasteiger partial charge on any atom is 0.262 e. The van der Waals surface area contributed by atoms with Crippen molar-refractivity contribution < 1.29 is 23.9 Å². The van der Waals surface area contributed by atoms with Gasteiger partial charge in [0.2, 0.25) is 0 Å². The lowest BCUT2D eigenvalue weighted by Gasteiger charge is -2.44. The number of rotatable bonds is 6. The van der Waals surface area contributed by atoms with Crippen LogP contribution in [0.4, 0.5) is 5.69 Å². The molecular weight excluding hydrogens is 528 g/mol. The fraction of sp³-hybridized carbons (Fsp3) is 0.406. The van der Waals surface area contributed by atoms with E-state index in [1.54, 1.807) is 43.5 Å². The fourth-order valence-corrected chi connectivity index (χ4v) is 6.29. The van der Waals surface area contributed by atoms with Gasteiger partial charge in [-0.2, -0.15) is 0 Å². The van der Waals surface area contributed by atoms with Crippen molar-refractivity contribution in [1.82, 2.24) is 5.32 Å². The van der Waals surface area contributed by atoms with Gasteiger partial charge in [0.25, 0.3) is 5.91 Å². The Labute approximate surface area is 240 Å². The van der Waals surface area contributed by atoms with E-state index in [1.807, 2.05) is 6.07 Å². The van der Waals surface area contributed by atoms with Crippen molar-refractivity contribution in [2.75, 3.05) is 19.0 Å². The van der Waals surface area contributed by atoms with Crippen LogP contribution in [0.15, 0.2) is 65.0 Å². The first-order chi connectivity index (χ1) is 18.9. The van der Waals surface area contributed by atoms with Gasteiger partial charge in [0, 0.05) is 47.0 Å². The number of Topliss-reactive ketones (excluding diaryl/α,β-unsaturated/α-hetero) is 2. The highest BCUT2D eigenvalue weighted by atomic mass is 35.5. The maximum absolute atomic E-state index is 13.5. The Morgan fingerprint density at radius 1 is 0.925 bits per heavy atom. The molecule has 3 aliphatic rings. The summed E-state index contributed by atoms with van der Waals surface area (Å²) < 4.78 is 10.9. The summed E-state index contributed by atoms with van der Waals surface area (Å²) in [6, 6.07) is 12.3. The monoisotopic (exact) mass is 562 g/mol. The van der Waals surface area contributed by atoms with Crippen molar-refractivity contribution in [3.63, 3.8) is 0 Å². The van der Waals surface area contributed by atoms with Gasteiger partial charge in [-0.1, -0.05) is 45.4 Å². The van der Waals surface area contributed by atoms with E-state index >= 15 is 0 Å². The number of carbonyl (C=O) groups excluding carboxylic acids is 3. The van der Waals surface area contributed by atoms with E-state index in [4.69, 9.17) is 21.1 Å². The molecule has 40 heavy (non-hydrogen) atoms. The van der Waals surface area contributed by atoms with E-state index in [2.05, 4.69) is 38.3 Å². The summed E-state index contributed by atoms with van der Waals surface area (Å²) in [5, 5.41) is 6.61. The number of hydrogen-bond donors (Lipinski definition) is 2. The third kappa shape index (κ3) is 5.66. The lowest BCUT2D eigenvalue weighted by Crippen LogP contribution is -2.42. The van der Waals surface area contributed by atoms with Crippen LogP contribution in [-0.4, -0.2) is 31.2 Å². The Morgan fingerprint density at radius 3 is 2.02 bits per heavy atom. The topological polar surface area (TPSA) is 93.7 Å². The lowest BCUT2D eigenvalue weighted by molar-refractivity contribution is -0.119. The molecule has 5 rings (SSSR count). The normalized spacial score (nSPS) is 19.9. The number of nitrogens with one attached hydrogen (secondary N) is 2. The molecule has 0 atom stereocenters. The summed E-state index contributed by atoms with van der Waals surface area (Å²) in [4.78, 5) is 39.5. The Morgan fingerprint density at radius 2 is 1.50 bits per heavy atom. The zero-order valence-electron chi connectivity index (χ0n) is 23.6. The first-order valence-electron chi connectivity index (χ1n) is 13.5. The second kappa shape index (κ2) is 10.4. The molecule has 0 fully saturated rings. The van der Waals surface area contributed by atoms with Gasteiger partial charge in [-0.25, -0.2) is 0 Å². The second-order valence-corrected chi connectivity index (χ2v) is 12.9. The van der Waals surface area contributed by atoms with Gasteiger partial charge >= 0.3 is 0 Å². The number of ether oxygens (including phenoxy) is 2. The quantitative estimate of drug-likeness (QED) is 0.427. The van der Waals surface area contributed by atoms with Crippen LogP contribution in [0.3, 0.4) is 0 Å². The van der Waals surface area contributed by atoms with Crippen molar-refractivity contribution in [3.8, 4) is 11.5 Å². The summed E-state index contributed by atoms with van der Waals surface area (Å²) in [5.41, 5.74) is 4.19. The predicted octanol–water partition coefficient (Wildman–Crippen LogP) is 6.34. The van der Waals surface area contributed by atoms with Crippen molar-refractivity contribution in [1.29, 1.82) is 0 Å². The minimum Gasteiger partial charge on any atom is -0.497 e. The van der Waals surface area contributed by atoms with Crippen LogP contribution in [0.5, 0.6) is 11.5 Å². The van der Waals surface area contributed by atoms with Gasteiger partial charge in [0.15, 0.2) is 18.2 Å². The molecule has 0 unspecified atom stereocenters. The van der Waals surface area contributed by atoms with Crippen LogP contribution in [0.2, 0.25) is 5.02 Å². The highest BCUT2D eigenvalue weighted by molar-refractivity contribution is 6.32. The number of benzene rings is 2. The summed E-state index contributed by atoms with van der Waals surface area (Å²) in [6.07, 6.45) is 2.30. The smallest absolute Gasteiger partial charge is 0.262 e. The Balaban J connectivity index is 1.41. The summed E-state index contributed by atoms with van der Waals surface area (Å²) >= 11 is 6.65. The molecule has 2 aliphatic carbocycles. The SMILES string of the molecule is COc1ccc(NC(=O)COc2ccc(C3C4=C(CC(C)(C)CC4=O)NC4=C3C(=O)CC(C)(C)C4)cc2Cl)cc1. The number of hydrogen-bond acceptors (Lipinski definition) is 6. The molecule has 0 aromatic heterocycles. The van der Waals surface area contributed by atoms with Crippen LogP contribution >= 0.6 is 11.6 Å². The van der Waals surface area contributed by atoms with Crippen LogP contribution in [0.1, 0.15) is 64.9 Å². The van der Waals surface area contributed by atoms with Crippen molar-refractivity contribution >= 4 is 34.8 Å². The van der Waals surface area contributed by atoms with Gasteiger partial charge in [0.05, 0.1) is 12.1 Å². The molecule has 210 valence electrons. The van der Waals surface area contributed by atoms with Gasteiger partial charge in [0.1, 0.15) is 11.5 Å². The zero-order valence-corrected chi connectivity index (χ0v) is 24.3. The largest absolute Gasteiger partial charge is 0.497 e. The van der Waals surface area contributed by atoms with Gasteiger partial charge in [-0.05, 0) is 65.6 Å². The molecular formula is C32H35ClN2O5. The first kappa shape index (κ1) is 28.0. The third-order valence-corrected chi connectivity index (χ3v) is 8.04. The molecule has 2 aromatic rings. The minimum atomic E-state index is -0.483. The first-order valence-corrected chi connectivity index (χ1v) is 13.9. The Bertz CT molecular complexity index is 1400. The Hall–Kier alpha value is -3.58. The van der Waals surface area contributed by atoms with Crippen molar-refractivity contribution in [2.45, 2.75) is 59.3 Å². The van der Waals surface area contributed by atoms with Crippen molar-refractivity contribution in [2.24, 2.45) is 10.8 Å². The molecule has 1 heterocycles. The molecule has 2 N–H and O–H groups in total. The predicted molar refractivity (Wildman–Crippen MR) is 155 cm³/mol. The van der Waals surface area contributed by atoms with Crippen molar-refractivity contribution in [3.05, 3.63) is 75.6 Å². The van der Waals surface area contributed by atoms with E-state index in [1.165, 1.54) is 0 Å². The molecule has 0 saturated carbocycles. The number of halogens is 1. The standard InChI is InChI=1S/C32H35ClN2O5/c1-31(2)13-22-29(24(36)15-31)28(30-23(35-22)14-32(3,4)16-25(30)37)18-6-11-26(21(33)12-18)40-17-27(38)34-19-7-9-20(39-5)10-8-19/h6-12,28,35H,13-17H2,1-5H3,(H,34,38). The second-order valence-electron chi connectivity index (χ2n) is 12.5. The van der Waals surface area contributed by atoms with Gasteiger partial charge in [-0.15, -0.1) is 0 Å². The number of anilines is 1. The van der Waals surface area contributed by atoms with Crippen LogP contribution in [0, 0.1) is 10.8 Å². The molecule has 0 saturated heterocycles. The fourth-order valence-electron chi connectivity index (χ4n) is 6.05. The van der Waals surface area contributed by atoms with E-state index < -0.39 is 5.92 Å². The molecule has 1 aliphatic heterocycles. The van der Waals surface area contributed by atoms with E-state index in [9.17, 15) is 14.4 Å². The maximum atomic E-state index is 13.5. The molecule has 1 amide bonds. The van der Waals surface area contributed by atoms with E-state index in [-0.39, 0.29) is 34.9 Å². The molecule has 0 radical (unpaired) electrons. The number of amides is 1. The number of allylic oxidation sites excluding steroid dienone is 4. The summed E-state index contributed by atoms with van der Waals surface area (Å²) in [7, 11) is 1.58. The lowest BCUT2D eigenvalue weighted by atomic mass is 9.64. The number of ketones is 2. The molecule has 0 bridgehead atoms. The van der Waals surface area contributed by atoms with Crippen LogP contribution < -0.4 is 20.1 Å². The number of carbonyl (C=O) groups is 3. The number of methoxy groups -OCH3 is 1. The average molecular weight is 563 g/mol. The number of dihydropyridines is 1. The third-order valence-electron chi connectivity index (χ3n) is 7.74. The molecule has 8 heteroatoms. The summed E-state index contributed by atoms with van der Waals surface area (Å²) in [6.45, 7) is 8.15. The van der Waals surface area contributed by atoms with E-state index in [0.717, 1.165) is 29.8 Å². The highest BCUT2D eigenvalue weighted by Gasteiger charge is 2.46. The zero-order chi connectivity index (χ0) is 28.8. The minimum absolute atomic E-state index is 0.0552. The highest BCUT2D eigenvalue weighted by Crippen LogP contribution is 2.51. The molecule has 0 spiro atoms. The average Bonchev–Trinajstić information content (AvgIpc) is 2.85. The van der Waals surface area contributed by atoms with Gasteiger partial charge in [-0.3, -0.25) is 14.4 Å². The summed E-state index contributed by atoms with van der Waals surface area (Å²) in [5.74, 6) is 0.333. The van der Waals surface area contributed by atoms with Crippen LogP contribution in [-0.2, 0) is 14.4 Å².